The molecule has 1 atom stereocenters. The number of carbonyl (C=O) groups excluding carboxylic acids is 2. The zero-order valence-electron chi connectivity index (χ0n) is 11.0. The first-order valence-electron chi connectivity index (χ1n) is 6.37. The Morgan fingerprint density at radius 1 is 1.50 bits per heavy atom. The number of nitrogens with one attached hydrogen (secondary N) is 1. The Kier molecular flexibility index (Phi) is 3.99. The Bertz CT molecular complexity index is 595. The number of benzene rings is 1. The number of carbonyl (C=O) groups is 2. The number of hydrogen-bond donors (Lipinski definition) is 1. The largest absolute Gasteiger partial charge is 0.372 e. The number of imide groups is 1. The summed E-state index contributed by atoms with van der Waals surface area (Å²) in [5.74, 6) is -1.23. The third-order valence-corrected chi connectivity index (χ3v) is 3.15. The Labute approximate surface area is 116 Å². The minimum absolute atomic E-state index is 0.0280. The van der Waals surface area contributed by atoms with Gasteiger partial charge in [0.25, 0.3) is 5.91 Å². The quantitative estimate of drug-likeness (QED) is 0.848. The van der Waals surface area contributed by atoms with Crippen LogP contribution in [0.25, 0.3) is 0 Å². The fourth-order valence-corrected chi connectivity index (χ4v) is 2.20. The van der Waals surface area contributed by atoms with Crippen molar-refractivity contribution in [3.63, 3.8) is 0 Å². The summed E-state index contributed by atoms with van der Waals surface area (Å²) in [7, 11) is 0. The van der Waals surface area contributed by atoms with Gasteiger partial charge in [0.05, 0.1) is 12.1 Å². The Balaban J connectivity index is 2.20. The van der Waals surface area contributed by atoms with Gasteiger partial charge >= 0.3 is 0 Å². The molecule has 1 aliphatic rings. The number of nitriles is 1. The van der Waals surface area contributed by atoms with Crippen molar-refractivity contribution in [3.8, 4) is 6.07 Å². The van der Waals surface area contributed by atoms with E-state index >= 15 is 0 Å². The monoisotopic (exact) mass is 275 g/mol. The van der Waals surface area contributed by atoms with Crippen LogP contribution in [0.3, 0.4) is 0 Å². The van der Waals surface area contributed by atoms with E-state index in [1.807, 2.05) is 6.92 Å². The molecule has 2 amide bonds. The summed E-state index contributed by atoms with van der Waals surface area (Å²) in [6.45, 7) is 2.26. The van der Waals surface area contributed by atoms with E-state index < -0.39 is 11.9 Å². The predicted octanol–water partition coefficient (Wildman–Crippen LogP) is 1.65. The van der Waals surface area contributed by atoms with Gasteiger partial charge in [-0.1, -0.05) is 13.0 Å². The number of rotatable bonds is 4. The molecule has 1 aliphatic heterocycles. The van der Waals surface area contributed by atoms with E-state index in [1.54, 1.807) is 6.07 Å². The average molecular weight is 275 g/mol. The first-order valence-corrected chi connectivity index (χ1v) is 6.37. The van der Waals surface area contributed by atoms with Gasteiger partial charge in [0.15, 0.2) is 0 Å². The highest BCUT2D eigenvalue weighted by molar-refractivity contribution is 6.06. The summed E-state index contributed by atoms with van der Waals surface area (Å²) < 4.78 is 13.5. The van der Waals surface area contributed by atoms with Crippen molar-refractivity contribution in [2.45, 2.75) is 25.8 Å². The molecule has 0 radical (unpaired) electrons. The maximum absolute atomic E-state index is 13.5. The van der Waals surface area contributed by atoms with E-state index in [-0.39, 0.29) is 29.5 Å². The number of amides is 2. The maximum Gasteiger partial charge on any atom is 0.252 e. The SMILES string of the molecule is CCCN1C(=O)CC(Nc2cccc(F)c2C#N)C1=O. The zero-order chi connectivity index (χ0) is 14.7. The van der Waals surface area contributed by atoms with E-state index in [4.69, 9.17) is 5.26 Å². The average Bonchev–Trinajstić information content (AvgIpc) is 2.67. The molecule has 5 nitrogen and oxygen atoms in total. The number of hydrogen-bond acceptors (Lipinski definition) is 4. The summed E-state index contributed by atoms with van der Waals surface area (Å²) in [5.41, 5.74) is 0.0821. The molecule has 2 rings (SSSR count). The van der Waals surface area contributed by atoms with Crippen LogP contribution >= 0.6 is 0 Å². The van der Waals surface area contributed by atoms with E-state index in [0.29, 0.717) is 13.0 Å². The van der Waals surface area contributed by atoms with E-state index in [0.717, 1.165) is 0 Å². The molecule has 20 heavy (non-hydrogen) atoms. The lowest BCUT2D eigenvalue weighted by atomic mass is 10.1. The molecule has 1 aromatic carbocycles. The van der Waals surface area contributed by atoms with Crippen LogP contribution in [0.4, 0.5) is 10.1 Å². The van der Waals surface area contributed by atoms with Gasteiger partial charge < -0.3 is 5.32 Å². The molecule has 6 heteroatoms. The van der Waals surface area contributed by atoms with Gasteiger partial charge in [0.1, 0.15) is 23.5 Å². The highest BCUT2D eigenvalue weighted by atomic mass is 19.1. The summed E-state index contributed by atoms with van der Waals surface area (Å²) >= 11 is 0. The highest BCUT2D eigenvalue weighted by Crippen LogP contribution is 2.23. The molecule has 0 bridgehead atoms. The molecule has 0 saturated carbocycles. The van der Waals surface area contributed by atoms with Crippen LogP contribution in [-0.2, 0) is 9.59 Å². The molecule has 1 N–H and O–H groups in total. The number of halogens is 1. The smallest absolute Gasteiger partial charge is 0.252 e. The number of nitrogens with zero attached hydrogens (tertiary/aromatic N) is 2. The fourth-order valence-electron chi connectivity index (χ4n) is 2.20. The van der Waals surface area contributed by atoms with Gasteiger partial charge in [-0.25, -0.2) is 4.39 Å². The van der Waals surface area contributed by atoms with E-state index in [1.165, 1.54) is 23.1 Å². The third kappa shape index (κ3) is 2.48. The fraction of sp³-hybridized carbons (Fsp3) is 0.357. The van der Waals surface area contributed by atoms with E-state index in [9.17, 15) is 14.0 Å². The second kappa shape index (κ2) is 5.70. The Hall–Kier alpha value is -2.42. The van der Waals surface area contributed by atoms with Crippen LogP contribution < -0.4 is 5.32 Å². The molecule has 1 unspecified atom stereocenters. The van der Waals surface area contributed by atoms with Crippen molar-refractivity contribution in [2.24, 2.45) is 0 Å². The summed E-state index contributed by atoms with van der Waals surface area (Å²) in [6.07, 6.45) is 0.716. The molecular weight excluding hydrogens is 261 g/mol. The van der Waals surface area contributed by atoms with Crippen molar-refractivity contribution in [2.75, 3.05) is 11.9 Å². The second-order valence-corrected chi connectivity index (χ2v) is 4.56. The lowest BCUT2D eigenvalue weighted by Gasteiger charge is -2.15. The van der Waals surface area contributed by atoms with Crippen molar-refractivity contribution in [1.29, 1.82) is 5.26 Å². The standard InChI is InChI=1S/C14H14FN3O2/c1-2-6-18-13(19)7-12(14(18)20)17-11-5-3-4-10(15)9(11)8-16/h3-5,12,17H,2,6-7H2,1H3. The van der Waals surface area contributed by atoms with Crippen LogP contribution in [0.15, 0.2) is 18.2 Å². The normalized spacial score (nSPS) is 18.2. The molecule has 1 aromatic rings. The molecule has 1 saturated heterocycles. The van der Waals surface area contributed by atoms with Crippen molar-refractivity contribution in [3.05, 3.63) is 29.6 Å². The highest BCUT2D eigenvalue weighted by Gasteiger charge is 2.38. The number of likely N-dealkylation sites (tertiary alicyclic amines) is 1. The Morgan fingerprint density at radius 3 is 2.90 bits per heavy atom. The summed E-state index contributed by atoms with van der Waals surface area (Å²) in [6, 6.07) is 5.16. The molecule has 104 valence electrons. The van der Waals surface area contributed by atoms with Gasteiger partial charge in [-0.3, -0.25) is 14.5 Å². The third-order valence-electron chi connectivity index (χ3n) is 3.15. The van der Waals surface area contributed by atoms with Crippen LogP contribution in [0.2, 0.25) is 0 Å². The van der Waals surface area contributed by atoms with Crippen LogP contribution in [0.1, 0.15) is 25.3 Å². The minimum atomic E-state index is -0.733. The second-order valence-electron chi connectivity index (χ2n) is 4.56. The topological polar surface area (TPSA) is 73.2 Å². The molecule has 0 spiro atoms. The molecule has 0 aliphatic carbocycles. The van der Waals surface area contributed by atoms with Gasteiger partial charge in [-0.2, -0.15) is 5.26 Å². The minimum Gasteiger partial charge on any atom is -0.372 e. The van der Waals surface area contributed by atoms with Gasteiger partial charge in [0, 0.05) is 6.54 Å². The molecule has 1 heterocycles. The first-order chi connectivity index (χ1) is 9.58. The van der Waals surface area contributed by atoms with Crippen LogP contribution in [0, 0.1) is 17.1 Å². The Morgan fingerprint density at radius 2 is 2.25 bits per heavy atom. The van der Waals surface area contributed by atoms with Gasteiger partial charge in [-0.15, -0.1) is 0 Å². The van der Waals surface area contributed by atoms with Crippen LogP contribution in [-0.4, -0.2) is 29.3 Å². The molecule has 0 aromatic heterocycles. The van der Waals surface area contributed by atoms with Gasteiger partial charge in [-0.05, 0) is 18.6 Å². The van der Waals surface area contributed by atoms with Crippen molar-refractivity contribution >= 4 is 17.5 Å². The van der Waals surface area contributed by atoms with Crippen LogP contribution in [0.5, 0.6) is 0 Å². The van der Waals surface area contributed by atoms with Crippen molar-refractivity contribution < 1.29 is 14.0 Å². The summed E-state index contributed by atoms with van der Waals surface area (Å²) in [4.78, 5) is 25.0. The lowest BCUT2D eigenvalue weighted by molar-refractivity contribution is -0.138. The zero-order valence-corrected chi connectivity index (χ0v) is 11.0. The predicted molar refractivity (Wildman–Crippen MR) is 70.2 cm³/mol. The number of anilines is 1. The van der Waals surface area contributed by atoms with Gasteiger partial charge in [0.2, 0.25) is 5.91 Å². The molecular formula is C14H14FN3O2. The molecule has 1 fully saturated rings. The summed E-state index contributed by atoms with van der Waals surface area (Å²) in [5, 5.41) is 11.7. The lowest BCUT2D eigenvalue weighted by Crippen LogP contribution is -2.35. The van der Waals surface area contributed by atoms with Crippen molar-refractivity contribution in [1.82, 2.24) is 4.90 Å². The maximum atomic E-state index is 13.5. The first kappa shape index (κ1) is 14.0. The van der Waals surface area contributed by atoms with E-state index in [2.05, 4.69) is 5.32 Å².